The smallest absolute Gasteiger partial charge is 0.165 e. The molecule has 4 aromatic rings. The maximum absolute atomic E-state index is 14.0. The highest BCUT2D eigenvalue weighted by atomic mass is 19.1. The highest BCUT2D eigenvalue weighted by molar-refractivity contribution is 5.95. The van der Waals surface area contributed by atoms with Crippen LogP contribution in [0.3, 0.4) is 0 Å². The fourth-order valence-corrected chi connectivity index (χ4v) is 2.86. The van der Waals surface area contributed by atoms with Gasteiger partial charge < -0.3 is 9.72 Å². The zero-order valence-electron chi connectivity index (χ0n) is 13.1. The topological polar surface area (TPSA) is 37.9 Å². The summed E-state index contributed by atoms with van der Waals surface area (Å²) in [6.45, 7) is 0. The fraction of sp³-hybridized carbons (Fsp3) is 0.0500. The minimum absolute atomic E-state index is 0.238. The van der Waals surface area contributed by atoms with Gasteiger partial charge in [0.1, 0.15) is 5.65 Å². The Hall–Kier alpha value is -3.14. The molecule has 0 unspecified atom stereocenters. The molecule has 0 spiro atoms. The van der Waals surface area contributed by atoms with Gasteiger partial charge in [-0.15, -0.1) is 0 Å². The molecule has 2 heterocycles. The molecule has 4 heteroatoms. The second-order valence-corrected chi connectivity index (χ2v) is 5.54. The Balaban J connectivity index is 1.86. The van der Waals surface area contributed by atoms with Gasteiger partial charge in [-0.1, -0.05) is 36.4 Å². The molecule has 0 radical (unpaired) electrons. The summed E-state index contributed by atoms with van der Waals surface area (Å²) in [5.74, 6) is -0.141. The SMILES string of the molecule is COc1ccc(-c2c[nH]c3ncc(-c4ccccc4)cc23)cc1F. The van der Waals surface area contributed by atoms with Gasteiger partial charge in [-0.25, -0.2) is 9.37 Å². The normalized spacial score (nSPS) is 10.9. The molecule has 0 fully saturated rings. The molecule has 0 aliphatic rings. The largest absolute Gasteiger partial charge is 0.494 e. The summed E-state index contributed by atoms with van der Waals surface area (Å²) in [7, 11) is 1.46. The highest BCUT2D eigenvalue weighted by Crippen LogP contribution is 2.32. The minimum Gasteiger partial charge on any atom is -0.494 e. The summed E-state index contributed by atoms with van der Waals surface area (Å²) in [6, 6.07) is 17.1. The van der Waals surface area contributed by atoms with Gasteiger partial charge in [0.15, 0.2) is 11.6 Å². The number of hydrogen-bond acceptors (Lipinski definition) is 2. The molecule has 24 heavy (non-hydrogen) atoms. The van der Waals surface area contributed by atoms with Crippen LogP contribution in [-0.4, -0.2) is 17.1 Å². The first-order valence-electron chi connectivity index (χ1n) is 7.63. The Labute approximate surface area is 138 Å². The quantitative estimate of drug-likeness (QED) is 0.574. The molecule has 4 rings (SSSR count). The molecule has 0 saturated carbocycles. The van der Waals surface area contributed by atoms with Gasteiger partial charge >= 0.3 is 0 Å². The molecule has 2 aromatic carbocycles. The maximum Gasteiger partial charge on any atom is 0.165 e. The number of pyridine rings is 1. The third kappa shape index (κ3) is 2.42. The van der Waals surface area contributed by atoms with Gasteiger partial charge in [0.2, 0.25) is 0 Å². The van der Waals surface area contributed by atoms with Gasteiger partial charge in [-0.05, 0) is 29.3 Å². The van der Waals surface area contributed by atoms with Crippen LogP contribution in [0.4, 0.5) is 4.39 Å². The van der Waals surface area contributed by atoms with E-state index in [1.54, 1.807) is 6.07 Å². The van der Waals surface area contributed by atoms with Gasteiger partial charge in [0.05, 0.1) is 7.11 Å². The number of aromatic nitrogens is 2. The van der Waals surface area contributed by atoms with E-state index in [0.29, 0.717) is 0 Å². The molecule has 2 aromatic heterocycles. The number of nitrogens with one attached hydrogen (secondary N) is 1. The molecular weight excluding hydrogens is 303 g/mol. The van der Waals surface area contributed by atoms with E-state index in [1.165, 1.54) is 13.2 Å². The Morgan fingerprint density at radius 1 is 0.958 bits per heavy atom. The third-order valence-electron chi connectivity index (χ3n) is 4.10. The van der Waals surface area contributed by atoms with Gasteiger partial charge in [0.25, 0.3) is 0 Å². The Kier molecular flexibility index (Phi) is 3.50. The molecule has 0 amide bonds. The third-order valence-corrected chi connectivity index (χ3v) is 4.10. The van der Waals surface area contributed by atoms with Crippen LogP contribution in [0.15, 0.2) is 67.0 Å². The van der Waals surface area contributed by atoms with E-state index < -0.39 is 0 Å². The molecule has 0 saturated heterocycles. The average molecular weight is 318 g/mol. The lowest BCUT2D eigenvalue weighted by molar-refractivity contribution is 0.386. The standard InChI is InChI=1S/C20H15FN2O/c1-24-19-8-7-14(10-18(19)21)17-12-23-20-16(17)9-15(11-22-20)13-5-3-2-4-6-13/h2-12H,1H3,(H,22,23). The van der Waals surface area contributed by atoms with Crippen molar-refractivity contribution >= 4 is 11.0 Å². The van der Waals surface area contributed by atoms with Crippen LogP contribution in [0.25, 0.3) is 33.3 Å². The molecule has 0 atom stereocenters. The Morgan fingerprint density at radius 2 is 1.79 bits per heavy atom. The number of aromatic amines is 1. The maximum atomic E-state index is 14.0. The second kappa shape index (κ2) is 5.81. The fourth-order valence-electron chi connectivity index (χ4n) is 2.86. The van der Waals surface area contributed by atoms with Crippen molar-refractivity contribution in [2.24, 2.45) is 0 Å². The lowest BCUT2D eigenvalue weighted by Crippen LogP contribution is -1.88. The summed E-state index contributed by atoms with van der Waals surface area (Å²) >= 11 is 0. The number of hydrogen-bond donors (Lipinski definition) is 1. The van der Waals surface area contributed by atoms with Gasteiger partial charge in [0, 0.05) is 28.9 Å². The molecule has 0 bridgehead atoms. The predicted octanol–water partition coefficient (Wildman–Crippen LogP) is 5.04. The van der Waals surface area contributed by atoms with Crippen molar-refractivity contribution in [1.29, 1.82) is 0 Å². The van der Waals surface area contributed by atoms with Crippen molar-refractivity contribution in [3.63, 3.8) is 0 Å². The minimum atomic E-state index is -0.378. The molecule has 0 aliphatic heterocycles. The van der Waals surface area contributed by atoms with E-state index in [2.05, 4.69) is 16.0 Å². The zero-order valence-corrected chi connectivity index (χ0v) is 13.1. The number of methoxy groups -OCH3 is 1. The van der Waals surface area contributed by atoms with Crippen LogP contribution in [0.1, 0.15) is 0 Å². The summed E-state index contributed by atoms with van der Waals surface area (Å²) in [4.78, 5) is 7.63. The Morgan fingerprint density at radius 3 is 2.54 bits per heavy atom. The van der Waals surface area contributed by atoms with E-state index in [9.17, 15) is 4.39 Å². The van der Waals surface area contributed by atoms with Crippen molar-refractivity contribution in [1.82, 2.24) is 9.97 Å². The second-order valence-electron chi connectivity index (χ2n) is 5.54. The summed E-state index contributed by atoms with van der Waals surface area (Å²) in [5, 5.41) is 0.959. The molecule has 3 nitrogen and oxygen atoms in total. The molecule has 118 valence electrons. The van der Waals surface area contributed by atoms with E-state index in [-0.39, 0.29) is 11.6 Å². The van der Waals surface area contributed by atoms with Crippen LogP contribution < -0.4 is 4.74 Å². The van der Waals surface area contributed by atoms with Gasteiger partial charge in [-0.3, -0.25) is 0 Å². The van der Waals surface area contributed by atoms with Crippen molar-refractivity contribution in [2.45, 2.75) is 0 Å². The lowest BCUT2D eigenvalue weighted by atomic mass is 10.0. The van der Waals surface area contributed by atoms with Crippen LogP contribution >= 0.6 is 0 Å². The molecular formula is C20H15FN2O. The van der Waals surface area contributed by atoms with Crippen LogP contribution in [0.2, 0.25) is 0 Å². The van der Waals surface area contributed by atoms with E-state index in [0.717, 1.165) is 33.3 Å². The van der Waals surface area contributed by atoms with Crippen LogP contribution in [0, 0.1) is 5.82 Å². The average Bonchev–Trinajstić information content (AvgIpc) is 3.05. The number of H-pyrrole nitrogens is 1. The number of nitrogens with zero attached hydrogens (tertiary/aromatic N) is 1. The van der Waals surface area contributed by atoms with E-state index in [1.807, 2.05) is 48.8 Å². The number of rotatable bonds is 3. The van der Waals surface area contributed by atoms with Crippen LogP contribution in [0.5, 0.6) is 5.75 Å². The molecule has 0 aliphatic carbocycles. The van der Waals surface area contributed by atoms with Crippen molar-refractivity contribution in [3.05, 3.63) is 72.8 Å². The molecule has 1 N–H and O–H groups in total. The monoisotopic (exact) mass is 318 g/mol. The van der Waals surface area contributed by atoms with E-state index in [4.69, 9.17) is 4.74 Å². The Bertz CT molecular complexity index is 1010. The predicted molar refractivity (Wildman–Crippen MR) is 93.5 cm³/mol. The first-order valence-corrected chi connectivity index (χ1v) is 7.63. The highest BCUT2D eigenvalue weighted by Gasteiger charge is 2.11. The zero-order chi connectivity index (χ0) is 16.5. The number of benzene rings is 2. The van der Waals surface area contributed by atoms with Crippen LogP contribution in [-0.2, 0) is 0 Å². The van der Waals surface area contributed by atoms with E-state index >= 15 is 0 Å². The number of fused-ring (bicyclic) bond motifs is 1. The first-order chi connectivity index (χ1) is 11.8. The lowest BCUT2D eigenvalue weighted by Gasteiger charge is -2.05. The summed E-state index contributed by atoms with van der Waals surface area (Å²) in [5.41, 5.74) is 4.60. The first kappa shape index (κ1) is 14.5. The van der Waals surface area contributed by atoms with Crippen molar-refractivity contribution in [2.75, 3.05) is 7.11 Å². The van der Waals surface area contributed by atoms with Crippen molar-refractivity contribution < 1.29 is 9.13 Å². The summed E-state index contributed by atoms with van der Waals surface area (Å²) < 4.78 is 19.0. The van der Waals surface area contributed by atoms with Gasteiger partial charge in [-0.2, -0.15) is 0 Å². The van der Waals surface area contributed by atoms with Crippen molar-refractivity contribution in [3.8, 4) is 28.0 Å². The number of halogens is 1. The number of ether oxygens (including phenoxy) is 1. The summed E-state index contributed by atoms with van der Waals surface area (Å²) in [6.07, 6.45) is 3.69.